The number of nitrogens with one attached hydrogen (secondary N) is 1. The number of carbonyl (C=O) groups excluding carboxylic acids is 1. The normalized spacial score (nSPS) is 11.6. The lowest BCUT2D eigenvalue weighted by molar-refractivity contribution is -0.120. The zero-order chi connectivity index (χ0) is 20.5. The van der Waals surface area contributed by atoms with Crippen LogP contribution >= 0.6 is 47.8 Å². The molecule has 0 saturated heterocycles. The third kappa shape index (κ3) is 4.08. The van der Waals surface area contributed by atoms with Crippen molar-refractivity contribution in [3.63, 3.8) is 0 Å². The number of fused-ring (bicyclic) bond motifs is 2. The predicted molar refractivity (Wildman–Crippen MR) is 122 cm³/mol. The van der Waals surface area contributed by atoms with Gasteiger partial charge in [0.1, 0.15) is 5.75 Å². The average molecular weight is 582 g/mol. The van der Waals surface area contributed by atoms with Crippen molar-refractivity contribution in [2.75, 3.05) is 6.61 Å². The van der Waals surface area contributed by atoms with Gasteiger partial charge in [-0.2, -0.15) is 0 Å². The number of hydrogen-bond acceptors (Lipinski definition) is 4. The first-order valence-corrected chi connectivity index (χ1v) is 10.8. The Hall–Kier alpha value is -2.23. The number of nitrogens with zero attached hydrogens (tertiary/aromatic N) is 2. The van der Waals surface area contributed by atoms with E-state index in [0.717, 1.165) is 24.2 Å². The van der Waals surface area contributed by atoms with Crippen molar-refractivity contribution in [1.29, 1.82) is 0 Å². The number of azo groups is 1. The summed E-state index contributed by atoms with van der Waals surface area (Å²) in [6.45, 7) is -0.272. The molecular formula is C20H12Br3N3O3. The van der Waals surface area contributed by atoms with Gasteiger partial charge in [-0.05, 0) is 45.6 Å². The Labute approximate surface area is 190 Å². The van der Waals surface area contributed by atoms with Crippen LogP contribution in [0.5, 0.6) is 11.6 Å². The molecule has 0 spiro atoms. The molecule has 0 aliphatic rings. The predicted octanol–water partition coefficient (Wildman–Crippen LogP) is 7.00. The van der Waals surface area contributed by atoms with Crippen LogP contribution in [0.15, 0.2) is 72.2 Å². The van der Waals surface area contributed by atoms with Gasteiger partial charge in [0, 0.05) is 24.2 Å². The molecule has 0 radical (unpaired) electrons. The quantitative estimate of drug-likeness (QED) is 0.254. The number of aromatic amines is 1. The minimum atomic E-state index is -0.570. The third-order valence-corrected chi connectivity index (χ3v) is 6.00. The second-order valence-electron chi connectivity index (χ2n) is 6.11. The first-order valence-electron chi connectivity index (χ1n) is 8.38. The number of aromatic nitrogens is 1. The smallest absolute Gasteiger partial charge is 0.302 e. The maximum absolute atomic E-state index is 12.2. The maximum atomic E-state index is 12.2. The van der Waals surface area contributed by atoms with Crippen molar-refractivity contribution < 1.29 is 14.6 Å². The first-order chi connectivity index (χ1) is 13.9. The molecule has 0 aliphatic carbocycles. The highest BCUT2D eigenvalue weighted by atomic mass is 79.9. The molecule has 0 aliphatic heterocycles. The molecule has 1 heterocycles. The van der Waals surface area contributed by atoms with E-state index in [-0.39, 0.29) is 18.2 Å². The van der Waals surface area contributed by atoms with Crippen LogP contribution in [-0.2, 0) is 4.79 Å². The highest BCUT2D eigenvalue weighted by Crippen LogP contribution is 2.40. The molecule has 146 valence electrons. The van der Waals surface area contributed by atoms with E-state index in [1.807, 2.05) is 36.4 Å². The van der Waals surface area contributed by atoms with Gasteiger partial charge in [-0.15, -0.1) is 10.2 Å². The molecule has 1 amide bonds. The van der Waals surface area contributed by atoms with Crippen LogP contribution in [0.2, 0.25) is 0 Å². The van der Waals surface area contributed by atoms with Crippen molar-refractivity contribution >= 4 is 81.1 Å². The Balaban J connectivity index is 1.54. The second kappa shape index (κ2) is 8.25. The summed E-state index contributed by atoms with van der Waals surface area (Å²) >= 11 is 10.3. The lowest BCUT2D eigenvalue weighted by Crippen LogP contribution is -2.08. The molecule has 29 heavy (non-hydrogen) atoms. The fourth-order valence-electron chi connectivity index (χ4n) is 2.93. The SMILES string of the molecule is O=C(COc1ccc(Br)c2ccccc12)N=Nc1c(O)[nH]c2c(Br)cc(Br)cc12. The Morgan fingerprint density at radius 1 is 1.00 bits per heavy atom. The summed E-state index contributed by atoms with van der Waals surface area (Å²) in [7, 11) is 0. The van der Waals surface area contributed by atoms with Crippen LogP contribution in [0.25, 0.3) is 21.7 Å². The van der Waals surface area contributed by atoms with Crippen LogP contribution in [0.1, 0.15) is 0 Å². The van der Waals surface area contributed by atoms with E-state index in [0.29, 0.717) is 16.7 Å². The summed E-state index contributed by atoms with van der Waals surface area (Å²) in [4.78, 5) is 15.0. The highest BCUT2D eigenvalue weighted by molar-refractivity contribution is 9.11. The summed E-state index contributed by atoms with van der Waals surface area (Å²) < 4.78 is 8.14. The Morgan fingerprint density at radius 2 is 1.76 bits per heavy atom. The minimum absolute atomic E-state index is 0.171. The largest absolute Gasteiger partial charge is 0.493 e. The Bertz CT molecular complexity index is 1280. The van der Waals surface area contributed by atoms with E-state index in [4.69, 9.17) is 4.74 Å². The average Bonchev–Trinajstić information content (AvgIpc) is 3.01. The fourth-order valence-corrected chi connectivity index (χ4v) is 4.73. The van der Waals surface area contributed by atoms with Crippen LogP contribution in [-0.4, -0.2) is 22.6 Å². The fraction of sp³-hybridized carbons (Fsp3) is 0.0500. The second-order valence-corrected chi connectivity index (χ2v) is 8.73. The maximum Gasteiger partial charge on any atom is 0.302 e. The molecule has 0 fully saturated rings. The minimum Gasteiger partial charge on any atom is -0.493 e. The van der Waals surface area contributed by atoms with Crippen molar-refractivity contribution in [1.82, 2.24) is 4.98 Å². The number of carbonyl (C=O) groups is 1. The van der Waals surface area contributed by atoms with Crippen LogP contribution in [0, 0.1) is 0 Å². The molecular weight excluding hydrogens is 570 g/mol. The molecule has 6 nitrogen and oxygen atoms in total. The molecule has 0 atom stereocenters. The Morgan fingerprint density at radius 3 is 2.55 bits per heavy atom. The van der Waals surface area contributed by atoms with Gasteiger partial charge in [0.05, 0.1) is 5.52 Å². The summed E-state index contributed by atoms with van der Waals surface area (Å²) in [6, 6.07) is 15.0. The van der Waals surface area contributed by atoms with E-state index in [1.165, 1.54) is 0 Å². The molecule has 0 bridgehead atoms. The lowest BCUT2D eigenvalue weighted by Gasteiger charge is -2.08. The highest BCUT2D eigenvalue weighted by Gasteiger charge is 2.14. The first kappa shape index (κ1) is 20.1. The monoisotopic (exact) mass is 579 g/mol. The molecule has 3 aromatic carbocycles. The number of aromatic hydroxyl groups is 1. The lowest BCUT2D eigenvalue weighted by atomic mass is 10.1. The van der Waals surface area contributed by atoms with E-state index in [2.05, 4.69) is 63.0 Å². The van der Waals surface area contributed by atoms with Gasteiger partial charge >= 0.3 is 5.91 Å². The number of halogens is 3. The number of ether oxygens (including phenoxy) is 1. The molecule has 0 unspecified atom stereocenters. The molecule has 9 heteroatoms. The zero-order valence-corrected chi connectivity index (χ0v) is 19.4. The van der Waals surface area contributed by atoms with E-state index >= 15 is 0 Å². The van der Waals surface area contributed by atoms with Crippen molar-refractivity contribution in [2.24, 2.45) is 10.2 Å². The molecule has 1 aromatic heterocycles. The summed E-state index contributed by atoms with van der Waals surface area (Å²) in [5.74, 6) is -0.162. The molecule has 4 rings (SSSR count). The summed E-state index contributed by atoms with van der Waals surface area (Å²) in [5.41, 5.74) is 0.842. The van der Waals surface area contributed by atoms with Crippen molar-refractivity contribution in [2.45, 2.75) is 0 Å². The summed E-state index contributed by atoms with van der Waals surface area (Å²) in [6.07, 6.45) is 0. The third-order valence-electron chi connectivity index (χ3n) is 4.22. The van der Waals surface area contributed by atoms with Crippen LogP contribution in [0.3, 0.4) is 0 Å². The van der Waals surface area contributed by atoms with Crippen LogP contribution < -0.4 is 4.74 Å². The zero-order valence-electron chi connectivity index (χ0n) is 14.6. The van der Waals surface area contributed by atoms with Gasteiger partial charge in [0.25, 0.3) is 0 Å². The molecule has 4 aromatic rings. The van der Waals surface area contributed by atoms with E-state index in [9.17, 15) is 9.90 Å². The number of amides is 1. The number of hydrogen-bond donors (Lipinski definition) is 2. The topological polar surface area (TPSA) is 87.0 Å². The van der Waals surface area contributed by atoms with E-state index in [1.54, 1.807) is 12.1 Å². The van der Waals surface area contributed by atoms with Gasteiger partial charge < -0.3 is 14.8 Å². The van der Waals surface area contributed by atoms with Gasteiger partial charge in [-0.25, -0.2) is 0 Å². The number of rotatable bonds is 4. The van der Waals surface area contributed by atoms with Crippen LogP contribution in [0.4, 0.5) is 5.69 Å². The number of H-pyrrole nitrogens is 1. The molecule has 0 saturated carbocycles. The van der Waals surface area contributed by atoms with Crippen molar-refractivity contribution in [3.8, 4) is 11.6 Å². The van der Waals surface area contributed by atoms with Crippen molar-refractivity contribution in [3.05, 3.63) is 61.9 Å². The van der Waals surface area contributed by atoms with Gasteiger partial charge in [-0.1, -0.05) is 56.1 Å². The standard InChI is InChI=1S/C20H12Br3N3O3/c21-10-7-13-18(15(23)8-10)24-20(28)19(13)26-25-17(27)9-29-16-6-5-14(22)11-3-1-2-4-12(11)16/h1-8,24,28H,9H2. The Kier molecular flexibility index (Phi) is 5.71. The van der Waals surface area contributed by atoms with Gasteiger partial charge in [0.2, 0.25) is 5.88 Å². The number of benzene rings is 3. The van der Waals surface area contributed by atoms with E-state index < -0.39 is 5.91 Å². The molecule has 2 N–H and O–H groups in total. The van der Waals surface area contributed by atoms with Gasteiger partial charge in [-0.3, -0.25) is 4.79 Å². The van der Waals surface area contributed by atoms with Gasteiger partial charge in [0.15, 0.2) is 12.3 Å². The summed E-state index contributed by atoms with van der Waals surface area (Å²) in [5, 5.41) is 20.2.